The minimum Gasteiger partial charge on any atom is -0.480 e. The van der Waals surface area contributed by atoms with E-state index in [4.69, 9.17) is 5.11 Å². The van der Waals surface area contributed by atoms with Crippen LogP contribution in [0.3, 0.4) is 0 Å². The SMILES string of the molecule is CCC[C@@H](NC(=O)Cn1cnc2sccc2c1=O)C(=O)O. The highest BCUT2D eigenvalue weighted by atomic mass is 32.1. The quantitative estimate of drug-likeness (QED) is 0.823. The molecule has 0 aliphatic heterocycles. The molecule has 0 aliphatic carbocycles. The second kappa shape index (κ2) is 6.49. The number of aromatic nitrogens is 2. The van der Waals surface area contributed by atoms with E-state index in [0.29, 0.717) is 23.1 Å². The lowest BCUT2D eigenvalue weighted by molar-refractivity contribution is -0.142. The molecule has 7 nitrogen and oxygen atoms in total. The van der Waals surface area contributed by atoms with Crippen molar-refractivity contribution in [3.63, 3.8) is 0 Å². The van der Waals surface area contributed by atoms with E-state index in [-0.39, 0.29) is 12.1 Å². The van der Waals surface area contributed by atoms with Crippen molar-refractivity contribution < 1.29 is 14.7 Å². The summed E-state index contributed by atoms with van der Waals surface area (Å²) in [6.07, 6.45) is 2.29. The van der Waals surface area contributed by atoms with Crippen LogP contribution < -0.4 is 10.9 Å². The van der Waals surface area contributed by atoms with Crippen LogP contribution in [0, 0.1) is 0 Å². The normalized spacial score (nSPS) is 12.2. The zero-order valence-electron chi connectivity index (χ0n) is 11.4. The Bertz CT molecular complexity index is 722. The summed E-state index contributed by atoms with van der Waals surface area (Å²) < 4.78 is 1.18. The largest absolute Gasteiger partial charge is 0.480 e. The molecule has 2 aromatic heterocycles. The Kier molecular flexibility index (Phi) is 4.69. The fourth-order valence-corrected chi connectivity index (χ4v) is 2.67. The minimum atomic E-state index is -1.08. The average molecular weight is 309 g/mol. The first kappa shape index (κ1) is 15.2. The summed E-state index contributed by atoms with van der Waals surface area (Å²) >= 11 is 1.35. The predicted octanol–water partition coefficient (Wildman–Crippen LogP) is 0.827. The van der Waals surface area contributed by atoms with Crippen LogP contribution in [0.1, 0.15) is 19.8 Å². The summed E-state index contributed by atoms with van der Waals surface area (Å²) in [6.45, 7) is 1.59. The molecular weight excluding hydrogens is 294 g/mol. The summed E-state index contributed by atoms with van der Waals surface area (Å²) in [4.78, 5) is 39.7. The summed E-state index contributed by atoms with van der Waals surface area (Å²) in [5.74, 6) is -1.60. The van der Waals surface area contributed by atoms with Crippen LogP contribution in [-0.4, -0.2) is 32.6 Å². The van der Waals surface area contributed by atoms with Crippen molar-refractivity contribution in [2.45, 2.75) is 32.4 Å². The summed E-state index contributed by atoms with van der Waals surface area (Å²) in [6, 6.07) is 0.719. The minimum absolute atomic E-state index is 0.245. The third-order valence-electron chi connectivity index (χ3n) is 2.98. The Morgan fingerprint density at radius 1 is 1.52 bits per heavy atom. The maximum absolute atomic E-state index is 12.1. The van der Waals surface area contributed by atoms with Gasteiger partial charge in [0, 0.05) is 0 Å². The first-order valence-corrected chi connectivity index (χ1v) is 7.35. The van der Waals surface area contributed by atoms with E-state index in [1.807, 2.05) is 6.92 Å². The van der Waals surface area contributed by atoms with Gasteiger partial charge in [-0.25, -0.2) is 9.78 Å². The van der Waals surface area contributed by atoms with Gasteiger partial charge in [-0.15, -0.1) is 11.3 Å². The van der Waals surface area contributed by atoms with E-state index in [1.54, 1.807) is 11.4 Å². The lowest BCUT2D eigenvalue weighted by atomic mass is 10.1. The molecule has 8 heteroatoms. The van der Waals surface area contributed by atoms with Gasteiger partial charge in [-0.3, -0.25) is 14.2 Å². The zero-order valence-corrected chi connectivity index (χ0v) is 12.2. The molecule has 0 radical (unpaired) electrons. The number of hydrogen-bond acceptors (Lipinski definition) is 5. The monoisotopic (exact) mass is 309 g/mol. The standard InChI is InChI=1S/C13H15N3O4S/c1-2-3-9(13(19)20)15-10(17)6-16-7-14-11-8(12(16)18)4-5-21-11/h4-5,7,9H,2-3,6H2,1H3,(H,15,17)(H,19,20)/t9-/m1/s1. The van der Waals surface area contributed by atoms with Crippen LogP contribution in [0.15, 0.2) is 22.6 Å². The molecule has 0 fully saturated rings. The van der Waals surface area contributed by atoms with Gasteiger partial charge in [0.2, 0.25) is 5.91 Å². The van der Waals surface area contributed by atoms with Crippen LogP contribution in [0.25, 0.3) is 10.2 Å². The van der Waals surface area contributed by atoms with Gasteiger partial charge in [-0.2, -0.15) is 0 Å². The molecule has 2 heterocycles. The smallest absolute Gasteiger partial charge is 0.326 e. The first-order valence-electron chi connectivity index (χ1n) is 6.47. The van der Waals surface area contributed by atoms with Gasteiger partial charge in [0.05, 0.1) is 11.7 Å². The number of rotatable bonds is 6. The third-order valence-corrected chi connectivity index (χ3v) is 3.80. The van der Waals surface area contributed by atoms with E-state index >= 15 is 0 Å². The number of amides is 1. The third kappa shape index (κ3) is 3.46. The Balaban J connectivity index is 2.12. The molecular formula is C13H15N3O4S. The number of carbonyl (C=O) groups is 2. The lowest BCUT2D eigenvalue weighted by Gasteiger charge is -2.13. The van der Waals surface area contributed by atoms with Crippen molar-refractivity contribution in [3.05, 3.63) is 28.1 Å². The summed E-state index contributed by atoms with van der Waals surface area (Å²) in [5, 5.41) is 13.6. The van der Waals surface area contributed by atoms with Crippen molar-refractivity contribution >= 4 is 33.4 Å². The molecule has 0 saturated heterocycles. The zero-order chi connectivity index (χ0) is 15.4. The fraction of sp³-hybridized carbons (Fsp3) is 0.385. The van der Waals surface area contributed by atoms with Crippen LogP contribution >= 0.6 is 11.3 Å². The molecule has 0 unspecified atom stereocenters. The number of nitrogens with zero attached hydrogens (tertiary/aromatic N) is 2. The van der Waals surface area contributed by atoms with Crippen molar-refractivity contribution in [2.75, 3.05) is 0 Å². The topological polar surface area (TPSA) is 101 Å². The van der Waals surface area contributed by atoms with Gasteiger partial charge in [0.15, 0.2) is 0 Å². The second-order valence-corrected chi connectivity index (χ2v) is 5.46. The highest BCUT2D eigenvalue weighted by Gasteiger charge is 2.19. The predicted molar refractivity (Wildman–Crippen MR) is 78.4 cm³/mol. The van der Waals surface area contributed by atoms with Gasteiger partial charge >= 0.3 is 5.97 Å². The molecule has 0 bridgehead atoms. The Labute approximate surface area is 124 Å². The van der Waals surface area contributed by atoms with E-state index < -0.39 is 17.9 Å². The van der Waals surface area contributed by atoms with Crippen LogP contribution in [0.5, 0.6) is 0 Å². The fourth-order valence-electron chi connectivity index (χ4n) is 1.95. The molecule has 0 aliphatic rings. The van der Waals surface area contributed by atoms with Gasteiger partial charge < -0.3 is 10.4 Å². The highest BCUT2D eigenvalue weighted by molar-refractivity contribution is 7.16. The molecule has 0 saturated carbocycles. The molecule has 112 valence electrons. The van der Waals surface area contributed by atoms with E-state index in [9.17, 15) is 14.4 Å². The van der Waals surface area contributed by atoms with E-state index in [1.165, 1.54) is 22.2 Å². The number of carbonyl (C=O) groups excluding carboxylic acids is 1. The Morgan fingerprint density at radius 2 is 2.29 bits per heavy atom. The van der Waals surface area contributed by atoms with Crippen molar-refractivity contribution in [2.24, 2.45) is 0 Å². The molecule has 2 aromatic rings. The van der Waals surface area contributed by atoms with E-state index in [2.05, 4.69) is 10.3 Å². The molecule has 0 aromatic carbocycles. The number of thiophene rings is 1. The molecule has 1 amide bonds. The van der Waals surface area contributed by atoms with Gasteiger partial charge in [-0.05, 0) is 17.9 Å². The number of aliphatic carboxylic acids is 1. The first-order chi connectivity index (χ1) is 10.0. The van der Waals surface area contributed by atoms with Crippen molar-refractivity contribution in [1.29, 1.82) is 0 Å². The molecule has 21 heavy (non-hydrogen) atoms. The summed E-state index contributed by atoms with van der Waals surface area (Å²) in [5.41, 5.74) is -0.307. The highest BCUT2D eigenvalue weighted by Crippen LogP contribution is 2.13. The van der Waals surface area contributed by atoms with E-state index in [0.717, 1.165) is 0 Å². The number of carboxylic acids is 1. The number of fused-ring (bicyclic) bond motifs is 1. The number of carboxylic acid groups (broad SMARTS) is 1. The van der Waals surface area contributed by atoms with Crippen molar-refractivity contribution in [3.8, 4) is 0 Å². The summed E-state index contributed by atoms with van der Waals surface area (Å²) in [7, 11) is 0. The number of nitrogens with one attached hydrogen (secondary N) is 1. The average Bonchev–Trinajstić information content (AvgIpc) is 2.90. The molecule has 2 rings (SSSR count). The molecule has 2 N–H and O–H groups in total. The van der Waals surface area contributed by atoms with Crippen LogP contribution in [0.2, 0.25) is 0 Å². The maximum Gasteiger partial charge on any atom is 0.326 e. The van der Waals surface area contributed by atoms with Crippen LogP contribution in [-0.2, 0) is 16.1 Å². The molecule has 0 spiro atoms. The number of hydrogen-bond donors (Lipinski definition) is 2. The van der Waals surface area contributed by atoms with Gasteiger partial charge in [-0.1, -0.05) is 13.3 Å². The van der Waals surface area contributed by atoms with Crippen LogP contribution in [0.4, 0.5) is 0 Å². The van der Waals surface area contributed by atoms with Gasteiger partial charge in [0.25, 0.3) is 5.56 Å². The molecule has 1 atom stereocenters. The van der Waals surface area contributed by atoms with Crippen molar-refractivity contribution in [1.82, 2.24) is 14.9 Å². The Hall–Kier alpha value is -2.22. The van der Waals surface area contributed by atoms with Gasteiger partial charge in [0.1, 0.15) is 17.4 Å². The lowest BCUT2D eigenvalue weighted by Crippen LogP contribution is -2.43. The Morgan fingerprint density at radius 3 is 2.95 bits per heavy atom. The second-order valence-electron chi connectivity index (χ2n) is 4.56. The maximum atomic E-state index is 12.1.